The minimum absolute atomic E-state index is 0.00854. The van der Waals surface area contributed by atoms with E-state index in [1.54, 1.807) is 38.1 Å². The van der Waals surface area contributed by atoms with Gasteiger partial charge in [0.1, 0.15) is 0 Å². The summed E-state index contributed by atoms with van der Waals surface area (Å²) >= 11 is 7.24. The summed E-state index contributed by atoms with van der Waals surface area (Å²) in [6.45, 7) is 3.72. The number of carbonyl (C=O) groups excluding carboxylic acids is 2. The van der Waals surface area contributed by atoms with Crippen LogP contribution in [0.4, 0.5) is 5.69 Å². The topological polar surface area (TPSA) is 92.8 Å². The fourth-order valence-electron chi connectivity index (χ4n) is 2.53. The molecule has 7 nitrogen and oxygen atoms in total. The monoisotopic (exact) mass is 470 g/mol. The molecule has 0 unspecified atom stereocenters. The average molecular weight is 471 g/mol. The summed E-state index contributed by atoms with van der Waals surface area (Å²) in [5, 5.41) is 3.08. The maximum absolute atomic E-state index is 12.6. The molecule has 0 spiro atoms. The first kappa shape index (κ1) is 24.2. The van der Waals surface area contributed by atoms with E-state index in [-0.39, 0.29) is 10.6 Å². The Morgan fingerprint density at radius 2 is 1.80 bits per heavy atom. The van der Waals surface area contributed by atoms with Gasteiger partial charge >= 0.3 is 5.97 Å². The lowest BCUT2D eigenvalue weighted by Gasteiger charge is -2.18. The van der Waals surface area contributed by atoms with Crippen molar-refractivity contribution in [1.82, 2.24) is 4.31 Å². The van der Waals surface area contributed by atoms with Gasteiger partial charge in [0, 0.05) is 23.7 Å². The second kappa shape index (κ2) is 11.4. The first-order valence-corrected chi connectivity index (χ1v) is 12.0. The van der Waals surface area contributed by atoms with Crippen molar-refractivity contribution in [1.29, 1.82) is 0 Å². The van der Waals surface area contributed by atoms with Crippen molar-refractivity contribution in [2.45, 2.75) is 23.6 Å². The highest BCUT2D eigenvalue weighted by molar-refractivity contribution is 8.00. The van der Waals surface area contributed by atoms with E-state index in [1.807, 2.05) is 6.07 Å². The molecule has 30 heavy (non-hydrogen) atoms. The number of thioether (sulfide) groups is 1. The van der Waals surface area contributed by atoms with Gasteiger partial charge in [-0.05, 0) is 30.3 Å². The number of benzene rings is 2. The number of halogens is 1. The molecule has 0 saturated carbocycles. The second-order valence-corrected chi connectivity index (χ2v) is 9.41. The zero-order valence-electron chi connectivity index (χ0n) is 16.6. The van der Waals surface area contributed by atoms with Crippen LogP contribution in [0.5, 0.6) is 0 Å². The number of anilines is 1. The molecule has 2 aromatic carbocycles. The summed E-state index contributed by atoms with van der Waals surface area (Å²) in [4.78, 5) is 24.8. The van der Waals surface area contributed by atoms with Gasteiger partial charge in [-0.15, -0.1) is 11.8 Å². The van der Waals surface area contributed by atoms with E-state index in [9.17, 15) is 18.0 Å². The number of sulfonamides is 1. The highest BCUT2D eigenvalue weighted by atomic mass is 35.5. The van der Waals surface area contributed by atoms with Gasteiger partial charge in [-0.25, -0.2) is 8.42 Å². The van der Waals surface area contributed by atoms with Crippen LogP contribution in [0.1, 0.15) is 13.8 Å². The van der Waals surface area contributed by atoms with Crippen LogP contribution < -0.4 is 5.32 Å². The van der Waals surface area contributed by atoms with Gasteiger partial charge in [0.25, 0.3) is 5.91 Å². The molecule has 0 aliphatic rings. The van der Waals surface area contributed by atoms with Crippen molar-refractivity contribution in [3.8, 4) is 0 Å². The molecule has 0 saturated heterocycles. The molecular weight excluding hydrogens is 448 g/mol. The van der Waals surface area contributed by atoms with Gasteiger partial charge in [-0.2, -0.15) is 4.31 Å². The zero-order valence-corrected chi connectivity index (χ0v) is 19.0. The van der Waals surface area contributed by atoms with Gasteiger partial charge in [0.2, 0.25) is 10.0 Å². The molecular formula is C20H23ClN2O5S2. The Morgan fingerprint density at radius 3 is 2.47 bits per heavy atom. The lowest BCUT2D eigenvalue weighted by atomic mass is 10.3. The number of hydrogen-bond acceptors (Lipinski definition) is 6. The third-order valence-electron chi connectivity index (χ3n) is 4.01. The molecule has 0 bridgehead atoms. The van der Waals surface area contributed by atoms with Gasteiger partial charge in [-0.3, -0.25) is 9.59 Å². The Labute approximate surface area is 185 Å². The molecule has 1 N–H and O–H groups in total. The Bertz CT molecular complexity index is 994. The Kier molecular flexibility index (Phi) is 9.16. The lowest BCUT2D eigenvalue weighted by molar-refractivity contribution is -0.144. The highest BCUT2D eigenvalue weighted by Gasteiger charge is 2.22. The maximum atomic E-state index is 12.6. The molecule has 0 radical (unpaired) electrons. The summed E-state index contributed by atoms with van der Waals surface area (Å²) in [7, 11) is -3.64. The molecule has 162 valence electrons. The quantitative estimate of drug-likeness (QED) is 0.421. The predicted octanol–water partition coefficient (Wildman–Crippen LogP) is 3.64. The van der Waals surface area contributed by atoms with E-state index >= 15 is 0 Å². The van der Waals surface area contributed by atoms with Crippen molar-refractivity contribution in [2.24, 2.45) is 0 Å². The molecule has 0 aliphatic heterocycles. The fourth-order valence-corrected chi connectivity index (χ4v) is 5.07. The second-order valence-electron chi connectivity index (χ2n) is 6.05. The first-order valence-electron chi connectivity index (χ1n) is 9.21. The Balaban J connectivity index is 1.89. The molecule has 0 fully saturated rings. The molecule has 0 aliphatic carbocycles. The van der Waals surface area contributed by atoms with Crippen molar-refractivity contribution in [2.75, 3.05) is 30.8 Å². The van der Waals surface area contributed by atoms with Crippen molar-refractivity contribution >= 4 is 50.9 Å². The molecule has 10 heteroatoms. The van der Waals surface area contributed by atoms with Crippen molar-refractivity contribution in [3.63, 3.8) is 0 Å². The van der Waals surface area contributed by atoms with Gasteiger partial charge in [0.15, 0.2) is 6.61 Å². The minimum Gasteiger partial charge on any atom is -0.455 e. The van der Waals surface area contributed by atoms with E-state index in [0.29, 0.717) is 23.8 Å². The number of nitrogens with zero attached hydrogens (tertiary/aromatic N) is 1. The fraction of sp³-hybridized carbons (Fsp3) is 0.300. The Hall–Kier alpha value is -2.07. The van der Waals surface area contributed by atoms with E-state index < -0.39 is 28.5 Å². The summed E-state index contributed by atoms with van der Waals surface area (Å²) in [6, 6.07) is 13.0. The number of esters is 1. The van der Waals surface area contributed by atoms with Crippen LogP contribution in [0.3, 0.4) is 0 Å². The number of carbonyl (C=O) groups is 2. The summed E-state index contributed by atoms with van der Waals surface area (Å²) in [5.41, 5.74) is 0.301. The molecule has 0 heterocycles. The predicted molar refractivity (Wildman–Crippen MR) is 118 cm³/mol. The van der Waals surface area contributed by atoms with E-state index in [0.717, 1.165) is 4.90 Å². The average Bonchev–Trinajstić information content (AvgIpc) is 2.72. The van der Waals surface area contributed by atoms with Crippen LogP contribution in [0, 0.1) is 0 Å². The van der Waals surface area contributed by atoms with Crippen LogP contribution in [0.15, 0.2) is 58.3 Å². The Morgan fingerprint density at radius 1 is 1.10 bits per heavy atom. The molecule has 0 atom stereocenters. The van der Waals surface area contributed by atoms with Crippen molar-refractivity contribution < 1.29 is 22.7 Å². The van der Waals surface area contributed by atoms with Crippen LogP contribution in [-0.4, -0.2) is 50.0 Å². The summed E-state index contributed by atoms with van der Waals surface area (Å²) in [5.74, 6) is -1.12. The molecule has 2 aromatic rings. The van der Waals surface area contributed by atoms with E-state index in [2.05, 4.69) is 5.32 Å². The largest absolute Gasteiger partial charge is 0.455 e. The van der Waals surface area contributed by atoms with Crippen LogP contribution in [0.2, 0.25) is 5.02 Å². The smallest absolute Gasteiger partial charge is 0.316 e. The molecule has 0 aromatic heterocycles. The van der Waals surface area contributed by atoms with Crippen LogP contribution in [0.25, 0.3) is 0 Å². The minimum atomic E-state index is -3.64. The SMILES string of the molecule is CCN(CC)S(=O)(=O)c1cccc(NC(=O)COC(=O)CSc2ccccc2Cl)c1. The van der Waals surface area contributed by atoms with Crippen LogP contribution in [-0.2, 0) is 24.3 Å². The number of amides is 1. The van der Waals surface area contributed by atoms with E-state index in [4.69, 9.17) is 16.3 Å². The summed E-state index contributed by atoms with van der Waals surface area (Å²) in [6.07, 6.45) is 0. The lowest BCUT2D eigenvalue weighted by Crippen LogP contribution is -2.30. The van der Waals surface area contributed by atoms with Gasteiger partial charge < -0.3 is 10.1 Å². The maximum Gasteiger partial charge on any atom is 0.316 e. The number of hydrogen-bond donors (Lipinski definition) is 1. The first-order chi connectivity index (χ1) is 14.3. The van der Waals surface area contributed by atoms with E-state index in [1.165, 1.54) is 34.3 Å². The zero-order chi connectivity index (χ0) is 22.1. The number of ether oxygens (including phenoxy) is 1. The third kappa shape index (κ3) is 6.73. The molecule has 1 amide bonds. The normalized spacial score (nSPS) is 11.3. The highest BCUT2D eigenvalue weighted by Crippen LogP contribution is 2.26. The molecule has 2 rings (SSSR count). The third-order valence-corrected chi connectivity index (χ3v) is 7.54. The van der Waals surface area contributed by atoms with Crippen LogP contribution >= 0.6 is 23.4 Å². The number of rotatable bonds is 10. The standard InChI is InChI=1S/C20H23ClN2O5S2/c1-3-23(4-2)30(26,27)16-9-7-8-15(12-16)22-19(24)13-28-20(25)14-29-18-11-6-5-10-17(18)21/h5-12H,3-4,13-14H2,1-2H3,(H,22,24). The number of nitrogens with one attached hydrogen (secondary N) is 1. The van der Waals surface area contributed by atoms with Gasteiger partial charge in [-0.1, -0.05) is 43.6 Å². The van der Waals surface area contributed by atoms with Crippen molar-refractivity contribution in [3.05, 3.63) is 53.6 Å². The summed E-state index contributed by atoms with van der Waals surface area (Å²) < 4.78 is 31.5. The van der Waals surface area contributed by atoms with Gasteiger partial charge in [0.05, 0.1) is 15.7 Å².